The van der Waals surface area contributed by atoms with Gasteiger partial charge in [-0.25, -0.2) is 8.78 Å². The number of carbonyl (C=O) groups excluding carboxylic acids is 1. The van der Waals surface area contributed by atoms with Crippen molar-refractivity contribution in [1.82, 2.24) is 9.97 Å². The van der Waals surface area contributed by atoms with Gasteiger partial charge in [0.1, 0.15) is 5.69 Å². The number of pyridine rings is 2. The minimum absolute atomic E-state index is 0.00403. The molecule has 1 amide bonds. The first-order chi connectivity index (χ1) is 15.9. The number of aromatic nitrogens is 2. The SMILES string of the molecule is CCc1c(C2CC[C@](C)(C(F)(F)F)C2)ccc(F)c1F.NC(=O)c1nccc2[nH]ccc(=O)c12. The van der Waals surface area contributed by atoms with Crippen molar-refractivity contribution in [1.29, 1.82) is 0 Å². The zero-order valence-electron chi connectivity index (χ0n) is 18.6. The summed E-state index contributed by atoms with van der Waals surface area (Å²) in [5.41, 5.74) is 4.40. The number of halogens is 5. The van der Waals surface area contributed by atoms with Crippen LogP contribution in [0.1, 0.15) is 60.6 Å². The molecule has 0 radical (unpaired) electrons. The third-order valence-corrected chi connectivity index (χ3v) is 6.36. The van der Waals surface area contributed by atoms with Crippen LogP contribution in [0.25, 0.3) is 10.9 Å². The van der Waals surface area contributed by atoms with Crippen LogP contribution in [-0.2, 0) is 6.42 Å². The maximum Gasteiger partial charge on any atom is 0.394 e. The highest BCUT2D eigenvalue weighted by molar-refractivity contribution is 6.03. The second-order valence-corrected chi connectivity index (χ2v) is 8.57. The number of rotatable bonds is 3. The molecule has 1 aliphatic rings. The van der Waals surface area contributed by atoms with Crippen molar-refractivity contribution in [3.63, 3.8) is 0 Å². The summed E-state index contributed by atoms with van der Waals surface area (Å²) >= 11 is 0. The number of nitrogens with zero attached hydrogens (tertiary/aromatic N) is 1. The van der Waals surface area contributed by atoms with Gasteiger partial charge in [-0.05, 0) is 54.9 Å². The molecule has 1 unspecified atom stereocenters. The minimum Gasteiger partial charge on any atom is -0.364 e. The van der Waals surface area contributed by atoms with Gasteiger partial charge < -0.3 is 10.7 Å². The Labute approximate surface area is 192 Å². The van der Waals surface area contributed by atoms with Gasteiger partial charge in [-0.2, -0.15) is 13.2 Å². The number of primary amides is 1. The first-order valence-corrected chi connectivity index (χ1v) is 10.7. The van der Waals surface area contributed by atoms with Crippen molar-refractivity contribution in [2.24, 2.45) is 11.1 Å². The highest BCUT2D eigenvalue weighted by Crippen LogP contribution is 2.55. The summed E-state index contributed by atoms with van der Waals surface area (Å²) < 4.78 is 66.0. The lowest BCUT2D eigenvalue weighted by atomic mass is 9.84. The number of benzene rings is 1. The Morgan fingerprint density at radius 2 is 1.94 bits per heavy atom. The fourth-order valence-electron chi connectivity index (χ4n) is 4.42. The molecule has 3 N–H and O–H groups in total. The molecule has 34 heavy (non-hydrogen) atoms. The Bertz CT molecular complexity index is 1270. The molecule has 2 heterocycles. The first-order valence-electron chi connectivity index (χ1n) is 10.7. The highest BCUT2D eigenvalue weighted by atomic mass is 19.4. The van der Waals surface area contributed by atoms with Crippen LogP contribution in [0.5, 0.6) is 0 Å². The summed E-state index contributed by atoms with van der Waals surface area (Å²) in [5.74, 6) is -2.92. The third kappa shape index (κ3) is 4.80. The zero-order valence-corrected chi connectivity index (χ0v) is 18.6. The summed E-state index contributed by atoms with van der Waals surface area (Å²) in [6, 6.07) is 5.39. The van der Waals surface area contributed by atoms with Gasteiger partial charge in [0.25, 0.3) is 5.91 Å². The molecule has 4 rings (SSSR count). The molecule has 0 spiro atoms. The molecule has 182 valence electrons. The van der Waals surface area contributed by atoms with Crippen LogP contribution in [0, 0.1) is 17.0 Å². The van der Waals surface area contributed by atoms with Crippen molar-refractivity contribution in [2.45, 2.75) is 51.6 Å². The lowest BCUT2D eigenvalue weighted by Gasteiger charge is -2.27. The van der Waals surface area contributed by atoms with Crippen molar-refractivity contribution in [3.8, 4) is 0 Å². The molecule has 1 saturated carbocycles. The summed E-state index contributed by atoms with van der Waals surface area (Å²) in [6.07, 6.45) is -0.718. The number of carbonyl (C=O) groups is 1. The van der Waals surface area contributed by atoms with E-state index in [1.807, 2.05) is 0 Å². The molecular weight excluding hydrogens is 457 g/mol. The predicted octanol–water partition coefficient (Wildman–Crippen LogP) is 5.39. The monoisotopic (exact) mass is 481 g/mol. The van der Waals surface area contributed by atoms with Gasteiger partial charge >= 0.3 is 6.18 Å². The average molecular weight is 481 g/mol. The van der Waals surface area contributed by atoms with E-state index in [2.05, 4.69) is 9.97 Å². The molecule has 0 bridgehead atoms. The van der Waals surface area contributed by atoms with E-state index in [9.17, 15) is 31.5 Å². The molecule has 0 saturated heterocycles. The highest BCUT2D eigenvalue weighted by Gasteiger charge is 2.54. The number of H-pyrrole nitrogens is 1. The minimum atomic E-state index is -4.26. The van der Waals surface area contributed by atoms with E-state index >= 15 is 0 Å². The largest absolute Gasteiger partial charge is 0.394 e. The average Bonchev–Trinajstić information content (AvgIpc) is 3.19. The van der Waals surface area contributed by atoms with Crippen LogP contribution in [0.2, 0.25) is 0 Å². The molecular formula is C24H24F5N3O2. The van der Waals surface area contributed by atoms with Crippen LogP contribution < -0.4 is 11.2 Å². The maximum atomic E-state index is 13.7. The molecule has 3 aromatic rings. The van der Waals surface area contributed by atoms with Gasteiger partial charge in [-0.1, -0.05) is 19.9 Å². The fourth-order valence-corrected chi connectivity index (χ4v) is 4.42. The van der Waals surface area contributed by atoms with E-state index in [-0.39, 0.29) is 47.3 Å². The van der Waals surface area contributed by atoms with E-state index in [1.54, 1.807) is 13.0 Å². The second kappa shape index (κ2) is 9.52. The van der Waals surface area contributed by atoms with Crippen LogP contribution in [0.15, 0.2) is 41.5 Å². The lowest BCUT2D eigenvalue weighted by molar-refractivity contribution is -0.215. The molecule has 5 nitrogen and oxygen atoms in total. The Morgan fingerprint density at radius 1 is 1.24 bits per heavy atom. The molecule has 2 aromatic heterocycles. The third-order valence-electron chi connectivity index (χ3n) is 6.36. The topological polar surface area (TPSA) is 88.8 Å². The molecule has 10 heteroatoms. The first kappa shape index (κ1) is 25.3. The van der Waals surface area contributed by atoms with Crippen LogP contribution in [0.3, 0.4) is 0 Å². The van der Waals surface area contributed by atoms with Crippen molar-refractivity contribution in [2.75, 3.05) is 0 Å². The van der Waals surface area contributed by atoms with E-state index in [1.165, 1.54) is 31.5 Å². The molecule has 1 aliphatic carbocycles. The maximum absolute atomic E-state index is 13.7. The number of alkyl halides is 3. The van der Waals surface area contributed by atoms with Crippen LogP contribution in [0.4, 0.5) is 22.0 Å². The Balaban J connectivity index is 0.000000202. The fraction of sp³-hybridized carbons (Fsp3) is 0.375. The Morgan fingerprint density at radius 3 is 2.53 bits per heavy atom. The van der Waals surface area contributed by atoms with Gasteiger partial charge in [0.15, 0.2) is 17.1 Å². The van der Waals surface area contributed by atoms with Crippen molar-refractivity contribution in [3.05, 3.63) is 75.3 Å². The number of amides is 1. The van der Waals surface area contributed by atoms with E-state index in [0.717, 1.165) is 6.07 Å². The summed E-state index contributed by atoms with van der Waals surface area (Å²) in [6.45, 7) is 2.89. The van der Waals surface area contributed by atoms with Gasteiger partial charge in [-0.15, -0.1) is 0 Å². The second-order valence-electron chi connectivity index (χ2n) is 8.57. The Kier molecular flexibility index (Phi) is 7.09. The van der Waals surface area contributed by atoms with Gasteiger partial charge in [-0.3, -0.25) is 14.6 Å². The predicted molar refractivity (Wildman–Crippen MR) is 117 cm³/mol. The molecule has 0 aliphatic heterocycles. The summed E-state index contributed by atoms with van der Waals surface area (Å²) in [5, 5.41) is 0.238. The van der Waals surface area contributed by atoms with Gasteiger partial charge in [0.05, 0.1) is 16.3 Å². The normalized spacial score (nSPS) is 20.1. The number of hydrogen-bond donors (Lipinski definition) is 2. The standard InChI is InChI=1S/C15H17F5.C9H7N3O2/c1-3-10-11(4-5-12(16)13(10)17)9-6-7-14(2,8-9)15(18,19)20;10-9(14)8-7-5(1-3-12-8)11-4-2-6(7)13/h4-5,9H,3,6-8H2,1-2H3;1-4H,(H2,10,14)(H,11,13)/t9?,14-;/m0./s1. The summed E-state index contributed by atoms with van der Waals surface area (Å²) in [7, 11) is 0. The number of nitrogens with one attached hydrogen (secondary N) is 1. The molecule has 1 fully saturated rings. The number of hydrogen-bond acceptors (Lipinski definition) is 3. The Hall–Kier alpha value is -3.30. The van der Waals surface area contributed by atoms with Gasteiger partial charge in [0.2, 0.25) is 0 Å². The van der Waals surface area contributed by atoms with E-state index in [0.29, 0.717) is 17.5 Å². The molecule has 1 aromatic carbocycles. The van der Waals surface area contributed by atoms with Gasteiger partial charge in [0, 0.05) is 18.5 Å². The van der Waals surface area contributed by atoms with Crippen LogP contribution in [-0.4, -0.2) is 22.1 Å². The zero-order chi connectivity index (χ0) is 25.3. The van der Waals surface area contributed by atoms with Crippen molar-refractivity contribution >= 4 is 16.8 Å². The number of aromatic amines is 1. The van der Waals surface area contributed by atoms with E-state index in [4.69, 9.17) is 5.73 Å². The number of nitrogens with two attached hydrogens (primary N) is 1. The quantitative estimate of drug-likeness (QED) is 0.492. The van der Waals surface area contributed by atoms with E-state index < -0.39 is 29.1 Å². The summed E-state index contributed by atoms with van der Waals surface area (Å²) in [4.78, 5) is 29.0. The smallest absolute Gasteiger partial charge is 0.364 e. The van der Waals surface area contributed by atoms with Crippen molar-refractivity contribution < 1.29 is 26.7 Å². The number of fused-ring (bicyclic) bond motifs is 1. The van der Waals surface area contributed by atoms with Crippen LogP contribution >= 0.6 is 0 Å². The lowest BCUT2D eigenvalue weighted by Crippen LogP contribution is -2.32. The molecule has 2 atom stereocenters.